The van der Waals surface area contributed by atoms with E-state index in [2.05, 4.69) is 34.6 Å². The first kappa shape index (κ1) is 13.0. The molecular weight excluding hydrogens is 160 g/mol. The van der Waals surface area contributed by atoms with Gasteiger partial charge in [0.2, 0.25) is 0 Å². The predicted octanol–water partition coefficient (Wildman–Crippen LogP) is 3.47. The molecule has 1 nitrogen and oxygen atoms in total. The van der Waals surface area contributed by atoms with E-state index in [4.69, 9.17) is 0 Å². The van der Waals surface area contributed by atoms with Crippen molar-refractivity contribution in [2.45, 2.75) is 60.0 Å². The molecule has 0 bridgehead atoms. The van der Waals surface area contributed by atoms with Gasteiger partial charge in [-0.1, -0.05) is 47.5 Å². The summed E-state index contributed by atoms with van der Waals surface area (Å²) in [6.07, 6.45) is 3.36. The van der Waals surface area contributed by atoms with Crippen molar-refractivity contribution >= 4 is 0 Å². The zero-order chi connectivity index (χ0) is 10.4. The molecule has 4 atom stereocenters. The summed E-state index contributed by atoms with van der Waals surface area (Å²) in [5.74, 6) is 1.52. The first-order valence-electron chi connectivity index (χ1n) is 5.72. The van der Waals surface area contributed by atoms with Gasteiger partial charge in [-0.25, -0.2) is 0 Å². The van der Waals surface area contributed by atoms with Crippen LogP contribution in [-0.4, -0.2) is 11.2 Å². The lowest BCUT2D eigenvalue weighted by molar-refractivity contribution is 0.0370. The maximum Gasteiger partial charge on any atom is 0.0593 e. The molecule has 0 aromatic carbocycles. The average molecular weight is 186 g/mol. The molecule has 0 aromatic rings. The fourth-order valence-corrected chi connectivity index (χ4v) is 1.85. The minimum absolute atomic E-state index is 0.116. The van der Waals surface area contributed by atoms with Crippen molar-refractivity contribution in [2.24, 2.45) is 17.8 Å². The second-order valence-electron chi connectivity index (χ2n) is 4.50. The molecule has 13 heavy (non-hydrogen) atoms. The Morgan fingerprint density at radius 1 is 1.00 bits per heavy atom. The SMILES string of the molecule is CCCC(C)C(O)C(C)C(C)CC. The van der Waals surface area contributed by atoms with Crippen LogP contribution in [0.2, 0.25) is 0 Å². The van der Waals surface area contributed by atoms with E-state index >= 15 is 0 Å². The summed E-state index contributed by atoms with van der Waals surface area (Å²) in [7, 11) is 0. The lowest BCUT2D eigenvalue weighted by Crippen LogP contribution is -2.29. The first-order valence-corrected chi connectivity index (χ1v) is 5.72. The van der Waals surface area contributed by atoms with E-state index in [1.165, 1.54) is 6.42 Å². The molecule has 1 heteroatoms. The molecule has 0 fully saturated rings. The van der Waals surface area contributed by atoms with E-state index in [9.17, 15) is 5.11 Å². The van der Waals surface area contributed by atoms with Crippen LogP contribution in [0.4, 0.5) is 0 Å². The predicted molar refractivity (Wildman–Crippen MR) is 58.7 cm³/mol. The molecule has 0 amide bonds. The van der Waals surface area contributed by atoms with Crippen molar-refractivity contribution in [3.8, 4) is 0 Å². The largest absolute Gasteiger partial charge is 0.393 e. The Kier molecular flexibility index (Phi) is 6.40. The molecule has 80 valence electrons. The maximum atomic E-state index is 10.0. The van der Waals surface area contributed by atoms with Gasteiger partial charge in [0, 0.05) is 0 Å². The average Bonchev–Trinajstić information content (AvgIpc) is 2.14. The summed E-state index contributed by atoms with van der Waals surface area (Å²) in [5, 5.41) is 10.0. The fraction of sp³-hybridized carbons (Fsp3) is 1.00. The third-order valence-electron chi connectivity index (χ3n) is 3.41. The number of hydrogen-bond acceptors (Lipinski definition) is 1. The molecule has 0 radical (unpaired) electrons. The van der Waals surface area contributed by atoms with Crippen molar-refractivity contribution in [1.29, 1.82) is 0 Å². The molecule has 0 saturated heterocycles. The third kappa shape index (κ3) is 4.12. The number of aliphatic hydroxyl groups excluding tert-OH is 1. The first-order chi connectivity index (χ1) is 6.04. The van der Waals surface area contributed by atoms with E-state index in [1.807, 2.05) is 0 Å². The van der Waals surface area contributed by atoms with Crippen LogP contribution in [0.25, 0.3) is 0 Å². The third-order valence-corrected chi connectivity index (χ3v) is 3.41. The molecule has 0 aliphatic carbocycles. The molecule has 0 saturated carbocycles. The summed E-state index contributed by atoms with van der Waals surface area (Å²) in [5.41, 5.74) is 0. The van der Waals surface area contributed by atoms with E-state index < -0.39 is 0 Å². The summed E-state index contributed by atoms with van der Waals surface area (Å²) in [6, 6.07) is 0. The maximum absolute atomic E-state index is 10.0. The van der Waals surface area contributed by atoms with Gasteiger partial charge in [-0.15, -0.1) is 0 Å². The standard InChI is InChI=1S/C12H26O/c1-6-8-10(4)12(13)11(5)9(3)7-2/h9-13H,6-8H2,1-5H3. The van der Waals surface area contributed by atoms with Gasteiger partial charge in [0.15, 0.2) is 0 Å². The minimum Gasteiger partial charge on any atom is -0.393 e. The monoisotopic (exact) mass is 186 g/mol. The summed E-state index contributed by atoms with van der Waals surface area (Å²) >= 11 is 0. The highest BCUT2D eigenvalue weighted by Crippen LogP contribution is 2.25. The summed E-state index contributed by atoms with van der Waals surface area (Å²) in [4.78, 5) is 0. The van der Waals surface area contributed by atoms with E-state index in [-0.39, 0.29) is 6.10 Å². The Morgan fingerprint density at radius 2 is 1.54 bits per heavy atom. The van der Waals surface area contributed by atoms with E-state index in [1.54, 1.807) is 0 Å². The summed E-state index contributed by atoms with van der Waals surface area (Å²) < 4.78 is 0. The van der Waals surface area contributed by atoms with Crippen LogP contribution in [0.15, 0.2) is 0 Å². The molecule has 0 rings (SSSR count). The Bertz CT molecular complexity index is 122. The van der Waals surface area contributed by atoms with Crippen LogP contribution in [-0.2, 0) is 0 Å². The highest BCUT2D eigenvalue weighted by Gasteiger charge is 2.23. The van der Waals surface area contributed by atoms with Crippen molar-refractivity contribution in [1.82, 2.24) is 0 Å². The number of rotatable bonds is 6. The molecular formula is C12H26O. The van der Waals surface area contributed by atoms with Crippen LogP contribution in [0.3, 0.4) is 0 Å². The second kappa shape index (κ2) is 6.42. The Hall–Kier alpha value is -0.0400. The van der Waals surface area contributed by atoms with Crippen LogP contribution in [0.1, 0.15) is 53.9 Å². The Balaban J connectivity index is 3.99. The molecule has 1 N–H and O–H groups in total. The lowest BCUT2D eigenvalue weighted by atomic mass is 9.82. The minimum atomic E-state index is -0.116. The van der Waals surface area contributed by atoms with Gasteiger partial charge in [-0.2, -0.15) is 0 Å². The van der Waals surface area contributed by atoms with Crippen molar-refractivity contribution in [3.05, 3.63) is 0 Å². The molecule has 0 aliphatic rings. The van der Waals surface area contributed by atoms with Crippen molar-refractivity contribution < 1.29 is 5.11 Å². The molecule has 0 spiro atoms. The van der Waals surface area contributed by atoms with Crippen LogP contribution < -0.4 is 0 Å². The Morgan fingerprint density at radius 3 is 1.92 bits per heavy atom. The smallest absolute Gasteiger partial charge is 0.0593 e. The van der Waals surface area contributed by atoms with Gasteiger partial charge in [-0.05, 0) is 24.2 Å². The second-order valence-corrected chi connectivity index (χ2v) is 4.50. The van der Waals surface area contributed by atoms with Gasteiger partial charge >= 0.3 is 0 Å². The van der Waals surface area contributed by atoms with Crippen LogP contribution in [0.5, 0.6) is 0 Å². The van der Waals surface area contributed by atoms with Crippen LogP contribution in [0, 0.1) is 17.8 Å². The number of hydrogen-bond donors (Lipinski definition) is 1. The van der Waals surface area contributed by atoms with E-state index in [0.29, 0.717) is 17.8 Å². The molecule has 4 unspecified atom stereocenters. The highest BCUT2D eigenvalue weighted by molar-refractivity contribution is 4.73. The van der Waals surface area contributed by atoms with Gasteiger partial charge in [0.1, 0.15) is 0 Å². The van der Waals surface area contributed by atoms with Crippen molar-refractivity contribution in [2.75, 3.05) is 0 Å². The fourth-order valence-electron chi connectivity index (χ4n) is 1.85. The molecule has 0 aromatic heterocycles. The van der Waals surface area contributed by atoms with Gasteiger partial charge < -0.3 is 5.11 Å². The van der Waals surface area contributed by atoms with Gasteiger partial charge in [0.25, 0.3) is 0 Å². The zero-order valence-corrected chi connectivity index (χ0v) is 9.88. The zero-order valence-electron chi connectivity index (χ0n) is 9.88. The van der Waals surface area contributed by atoms with Crippen molar-refractivity contribution in [3.63, 3.8) is 0 Å². The molecule has 0 aliphatic heterocycles. The topological polar surface area (TPSA) is 20.2 Å². The van der Waals surface area contributed by atoms with E-state index in [0.717, 1.165) is 12.8 Å². The normalized spacial score (nSPS) is 20.8. The quantitative estimate of drug-likeness (QED) is 0.673. The molecule has 0 heterocycles. The van der Waals surface area contributed by atoms with Crippen LogP contribution >= 0.6 is 0 Å². The van der Waals surface area contributed by atoms with Gasteiger partial charge in [0.05, 0.1) is 6.10 Å². The van der Waals surface area contributed by atoms with Gasteiger partial charge in [-0.3, -0.25) is 0 Å². The summed E-state index contributed by atoms with van der Waals surface area (Å²) in [6.45, 7) is 10.9. The lowest BCUT2D eigenvalue weighted by Gasteiger charge is -2.28. The highest BCUT2D eigenvalue weighted by atomic mass is 16.3. The Labute approximate surface area is 83.5 Å². The number of aliphatic hydroxyl groups is 1.